The molecule has 1 heterocycles. The maximum Gasteiger partial charge on any atom is 0.248 e. The van der Waals surface area contributed by atoms with Crippen molar-refractivity contribution in [1.82, 2.24) is 9.97 Å². The van der Waals surface area contributed by atoms with Gasteiger partial charge in [-0.2, -0.15) is 4.98 Å². The highest BCUT2D eigenvalue weighted by molar-refractivity contribution is 6.33. The number of halogens is 3. The number of hydrogen-bond acceptors (Lipinski definition) is 5. The number of anilines is 4. The molecule has 27 heavy (non-hydrogen) atoms. The van der Waals surface area contributed by atoms with Gasteiger partial charge in [0.05, 0.1) is 17.6 Å². The monoisotopic (exact) mass is 395 g/mol. The first-order valence-electron chi connectivity index (χ1n) is 8.63. The van der Waals surface area contributed by atoms with Crippen LogP contribution in [0.2, 0.25) is 5.02 Å². The summed E-state index contributed by atoms with van der Waals surface area (Å²) in [5.41, 5.74) is 1.21. The van der Waals surface area contributed by atoms with Gasteiger partial charge in [-0.3, -0.25) is 4.79 Å². The van der Waals surface area contributed by atoms with E-state index in [4.69, 9.17) is 11.6 Å². The molecule has 3 rings (SSSR count). The summed E-state index contributed by atoms with van der Waals surface area (Å²) in [6, 6.07) is 7.03. The van der Waals surface area contributed by atoms with Crippen molar-refractivity contribution in [3.63, 3.8) is 0 Å². The summed E-state index contributed by atoms with van der Waals surface area (Å²) in [6.07, 6.45) is 1.86. The van der Waals surface area contributed by atoms with Crippen LogP contribution in [0, 0.1) is 0 Å². The van der Waals surface area contributed by atoms with Gasteiger partial charge in [-0.25, -0.2) is 13.8 Å². The Morgan fingerprint density at radius 1 is 1.22 bits per heavy atom. The lowest BCUT2D eigenvalue weighted by molar-refractivity contribution is -0.114. The van der Waals surface area contributed by atoms with Crippen molar-refractivity contribution in [2.24, 2.45) is 0 Å². The fourth-order valence-electron chi connectivity index (χ4n) is 2.91. The maximum absolute atomic E-state index is 13.3. The maximum atomic E-state index is 13.3. The number of carbonyl (C=O) groups is 1. The second-order valence-electron chi connectivity index (χ2n) is 6.52. The Balaban J connectivity index is 1.74. The van der Waals surface area contributed by atoms with Crippen LogP contribution in [0.5, 0.6) is 0 Å². The molecule has 0 unspecified atom stereocenters. The van der Waals surface area contributed by atoms with Crippen LogP contribution in [0.4, 0.5) is 31.9 Å². The third kappa shape index (κ3) is 5.26. The van der Waals surface area contributed by atoms with Crippen LogP contribution in [0.3, 0.4) is 0 Å². The lowest BCUT2D eigenvalue weighted by atomic mass is 9.92. The largest absolute Gasteiger partial charge is 0.351 e. The van der Waals surface area contributed by atoms with Crippen LogP contribution in [-0.4, -0.2) is 27.8 Å². The molecule has 0 aliphatic heterocycles. The number of hydrogen-bond donors (Lipinski definition) is 3. The molecule has 3 N–H and O–H groups in total. The summed E-state index contributed by atoms with van der Waals surface area (Å²) < 4.78 is 26.6. The number of para-hydroxylation sites is 2. The number of nitrogens with zero attached hydrogens (tertiary/aromatic N) is 2. The fourth-order valence-corrected chi connectivity index (χ4v) is 3.05. The molecule has 1 amide bonds. The van der Waals surface area contributed by atoms with Gasteiger partial charge in [0.2, 0.25) is 17.8 Å². The Bertz CT molecular complexity index is 823. The first-order chi connectivity index (χ1) is 12.8. The van der Waals surface area contributed by atoms with Crippen LogP contribution in [0.1, 0.15) is 32.6 Å². The zero-order valence-corrected chi connectivity index (χ0v) is 15.5. The van der Waals surface area contributed by atoms with Gasteiger partial charge in [0.25, 0.3) is 0 Å². The zero-order valence-electron chi connectivity index (χ0n) is 14.7. The van der Waals surface area contributed by atoms with Crippen molar-refractivity contribution >= 4 is 40.6 Å². The molecule has 6 nitrogen and oxygen atoms in total. The van der Waals surface area contributed by atoms with Gasteiger partial charge in [0.1, 0.15) is 5.02 Å². The first-order valence-corrected chi connectivity index (χ1v) is 9.01. The average molecular weight is 396 g/mol. The smallest absolute Gasteiger partial charge is 0.248 e. The summed E-state index contributed by atoms with van der Waals surface area (Å²) in [5.74, 6) is -2.11. The van der Waals surface area contributed by atoms with E-state index in [9.17, 15) is 13.6 Å². The minimum Gasteiger partial charge on any atom is -0.351 e. The van der Waals surface area contributed by atoms with Gasteiger partial charge >= 0.3 is 0 Å². The Morgan fingerprint density at radius 3 is 2.56 bits per heavy atom. The molecule has 1 saturated carbocycles. The Labute approximate surface area is 160 Å². The highest BCUT2D eigenvalue weighted by Crippen LogP contribution is 2.34. The van der Waals surface area contributed by atoms with Crippen molar-refractivity contribution in [3.8, 4) is 0 Å². The topological polar surface area (TPSA) is 78.9 Å². The van der Waals surface area contributed by atoms with Crippen molar-refractivity contribution in [2.75, 3.05) is 16.0 Å². The zero-order chi connectivity index (χ0) is 19.4. The van der Waals surface area contributed by atoms with E-state index in [1.165, 1.54) is 13.1 Å². The van der Waals surface area contributed by atoms with E-state index in [-0.39, 0.29) is 24.8 Å². The molecular weight excluding hydrogens is 376 g/mol. The number of rotatable bonds is 5. The molecule has 1 aromatic heterocycles. The van der Waals surface area contributed by atoms with Crippen molar-refractivity contribution in [3.05, 3.63) is 35.5 Å². The second kappa shape index (κ2) is 8.04. The first kappa shape index (κ1) is 19.3. The molecule has 2 aromatic rings. The number of nitrogens with one attached hydrogen (secondary N) is 3. The molecule has 1 aliphatic rings. The molecule has 0 saturated heterocycles. The molecule has 0 bridgehead atoms. The second-order valence-corrected chi connectivity index (χ2v) is 6.92. The number of alkyl halides is 2. The normalized spacial score (nSPS) is 16.6. The molecule has 144 valence electrons. The van der Waals surface area contributed by atoms with Gasteiger partial charge in [-0.1, -0.05) is 23.7 Å². The number of benzene rings is 1. The minimum atomic E-state index is -2.58. The fraction of sp³-hybridized carbons (Fsp3) is 0.389. The lowest BCUT2D eigenvalue weighted by Gasteiger charge is -2.28. The number of carbonyl (C=O) groups excluding carboxylic acids is 1. The minimum absolute atomic E-state index is 0.106. The summed E-state index contributed by atoms with van der Waals surface area (Å²) in [5, 5.41) is 9.20. The van der Waals surface area contributed by atoms with Crippen LogP contribution < -0.4 is 16.0 Å². The average Bonchev–Trinajstić information content (AvgIpc) is 2.61. The lowest BCUT2D eigenvalue weighted by Crippen LogP contribution is -2.32. The third-order valence-electron chi connectivity index (χ3n) is 4.29. The molecule has 0 radical (unpaired) electrons. The van der Waals surface area contributed by atoms with Gasteiger partial charge in [0, 0.05) is 25.8 Å². The Morgan fingerprint density at radius 2 is 1.89 bits per heavy atom. The summed E-state index contributed by atoms with van der Waals surface area (Å²) in [6.45, 7) is 1.42. The molecule has 1 aliphatic carbocycles. The summed E-state index contributed by atoms with van der Waals surface area (Å²) in [7, 11) is 0. The number of aromatic nitrogens is 2. The molecule has 1 aromatic carbocycles. The Kier molecular flexibility index (Phi) is 5.74. The van der Waals surface area contributed by atoms with Crippen LogP contribution >= 0.6 is 11.6 Å². The highest BCUT2D eigenvalue weighted by Gasteiger charge is 2.35. The van der Waals surface area contributed by atoms with Gasteiger partial charge in [-0.05, 0) is 25.0 Å². The highest BCUT2D eigenvalue weighted by atomic mass is 35.5. The van der Waals surface area contributed by atoms with Gasteiger partial charge in [0.15, 0.2) is 5.82 Å². The van der Waals surface area contributed by atoms with E-state index in [2.05, 4.69) is 25.9 Å². The van der Waals surface area contributed by atoms with E-state index in [1.807, 2.05) is 6.07 Å². The molecular formula is C18H20ClF2N5O. The van der Waals surface area contributed by atoms with E-state index < -0.39 is 5.92 Å². The predicted octanol–water partition coefficient (Wildman–Crippen LogP) is 4.82. The quantitative estimate of drug-likeness (QED) is 0.676. The Hall–Kier alpha value is -2.48. The van der Waals surface area contributed by atoms with Crippen molar-refractivity contribution in [2.45, 2.75) is 44.6 Å². The molecule has 0 spiro atoms. The standard InChI is InChI=1S/C18H20ClF2N5O/c1-11(27)23-14-4-2-3-5-15(14)25-16-13(19)10-22-17(26-16)24-12-6-8-18(20,21)9-7-12/h2-5,10,12H,6-9H2,1H3,(H,23,27)(H2,22,24,25,26). The van der Waals surface area contributed by atoms with Gasteiger partial charge < -0.3 is 16.0 Å². The summed E-state index contributed by atoms with van der Waals surface area (Å²) >= 11 is 6.18. The van der Waals surface area contributed by atoms with E-state index in [0.717, 1.165) is 0 Å². The van der Waals surface area contributed by atoms with Crippen LogP contribution in [0.25, 0.3) is 0 Å². The molecule has 9 heteroatoms. The summed E-state index contributed by atoms with van der Waals surface area (Å²) in [4.78, 5) is 19.8. The van der Waals surface area contributed by atoms with Crippen molar-refractivity contribution in [1.29, 1.82) is 0 Å². The molecule has 1 fully saturated rings. The predicted molar refractivity (Wildman–Crippen MR) is 102 cm³/mol. The van der Waals surface area contributed by atoms with E-state index >= 15 is 0 Å². The van der Waals surface area contributed by atoms with E-state index in [1.54, 1.807) is 18.2 Å². The van der Waals surface area contributed by atoms with Crippen LogP contribution in [-0.2, 0) is 4.79 Å². The number of amides is 1. The van der Waals surface area contributed by atoms with Crippen LogP contribution in [0.15, 0.2) is 30.5 Å². The molecule has 0 atom stereocenters. The van der Waals surface area contributed by atoms with E-state index in [0.29, 0.717) is 41.0 Å². The third-order valence-corrected chi connectivity index (χ3v) is 4.56. The SMILES string of the molecule is CC(=O)Nc1ccccc1Nc1nc(NC2CCC(F)(F)CC2)ncc1Cl. The van der Waals surface area contributed by atoms with Crippen molar-refractivity contribution < 1.29 is 13.6 Å². The van der Waals surface area contributed by atoms with Gasteiger partial charge in [-0.15, -0.1) is 0 Å².